The Balaban J connectivity index is 2.35. The molecule has 1 aromatic carbocycles. The van der Waals surface area contributed by atoms with Crippen LogP contribution in [-0.4, -0.2) is 23.6 Å². The highest BCUT2D eigenvalue weighted by atomic mass is 32.2. The van der Waals surface area contributed by atoms with E-state index in [0.29, 0.717) is 0 Å². The standard InChI is InChI=1S/C16H21N3OS/c1-5-17-12(3)15-13(20-4)7-6-8-14(15)21-16-18-9-11(2)10-19-16/h6-10,12,17H,5H2,1-4H3. The normalized spacial score (nSPS) is 12.2. The van der Waals surface area contributed by atoms with Gasteiger partial charge in [0.15, 0.2) is 5.16 Å². The molecule has 21 heavy (non-hydrogen) atoms. The maximum atomic E-state index is 5.52. The molecule has 2 aromatic rings. The fourth-order valence-electron chi connectivity index (χ4n) is 2.16. The van der Waals surface area contributed by atoms with E-state index in [-0.39, 0.29) is 6.04 Å². The van der Waals surface area contributed by atoms with Crippen molar-refractivity contribution in [3.63, 3.8) is 0 Å². The van der Waals surface area contributed by atoms with Crippen molar-refractivity contribution in [3.05, 3.63) is 41.7 Å². The van der Waals surface area contributed by atoms with Crippen LogP contribution in [0.25, 0.3) is 0 Å². The molecule has 112 valence electrons. The number of benzene rings is 1. The maximum absolute atomic E-state index is 5.52. The van der Waals surface area contributed by atoms with Gasteiger partial charge in [-0.05, 0) is 49.9 Å². The number of hydrogen-bond acceptors (Lipinski definition) is 5. The molecule has 1 aromatic heterocycles. The smallest absolute Gasteiger partial charge is 0.192 e. The number of nitrogens with zero attached hydrogens (tertiary/aromatic N) is 2. The SMILES string of the molecule is CCNC(C)c1c(OC)cccc1Sc1ncc(C)cn1. The monoisotopic (exact) mass is 303 g/mol. The number of ether oxygens (including phenoxy) is 1. The van der Waals surface area contributed by atoms with Gasteiger partial charge < -0.3 is 10.1 Å². The second-order valence-corrected chi connectivity index (χ2v) is 5.81. The van der Waals surface area contributed by atoms with Gasteiger partial charge >= 0.3 is 0 Å². The number of rotatable bonds is 6. The van der Waals surface area contributed by atoms with Gasteiger partial charge in [-0.25, -0.2) is 9.97 Å². The van der Waals surface area contributed by atoms with E-state index < -0.39 is 0 Å². The van der Waals surface area contributed by atoms with Crippen molar-refractivity contribution < 1.29 is 4.74 Å². The first-order valence-corrected chi connectivity index (χ1v) is 7.84. The van der Waals surface area contributed by atoms with E-state index >= 15 is 0 Å². The first-order valence-electron chi connectivity index (χ1n) is 7.02. The zero-order valence-corrected chi connectivity index (χ0v) is 13.7. The van der Waals surface area contributed by atoms with Crippen LogP contribution >= 0.6 is 11.8 Å². The van der Waals surface area contributed by atoms with Crippen LogP contribution in [0.4, 0.5) is 0 Å². The van der Waals surface area contributed by atoms with Crippen molar-refractivity contribution in [1.29, 1.82) is 0 Å². The average molecular weight is 303 g/mol. The van der Waals surface area contributed by atoms with E-state index in [1.54, 1.807) is 18.9 Å². The molecule has 0 bridgehead atoms. The van der Waals surface area contributed by atoms with E-state index in [1.165, 1.54) is 0 Å². The van der Waals surface area contributed by atoms with Crippen molar-refractivity contribution in [2.24, 2.45) is 0 Å². The van der Waals surface area contributed by atoms with Gasteiger partial charge in [0.05, 0.1) is 7.11 Å². The molecule has 0 amide bonds. The van der Waals surface area contributed by atoms with Crippen molar-refractivity contribution >= 4 is 11.8 Å². The Kier molecular flexibility index (Phi) is 5.59. The summed E-state index contributed by atoms with van der Waals surface area (Å²) in [7, 11) is 1.70. The van der Waals surface area contributed by atoms with Crippen LogP contribution in [0.5, 0.6) is 5.75 Å². The summed E-state index contributed by atoms with van der Waals surface area (Å²) in [6, 6.07) is 6.28. The van der Waals surface area contributed by atoms with Crippen LogP contribution in [0.2, 0.25) is 0 Å². The largest absolute Gasteiger partial charge is 0.496 e. The highest BCUT2D eigenvalue weighted by molar-refractivity contribution is 7.99. The summed E-state index contributed by atoms with van der Waals surface area (Å²) < 4.78 is 5.52. The first kappa shape index (κ1) is 15.8. The fraction of sp³-hybridized carbons (Fsp3) is 0.375. The van der Waals surface area contributed by atoms with Crippen molar-refractivity contribution in [2.45, 2.75) is 36.9 Å². The topological polar surface area (TPSA) is 47.0 Å². The third-order valence-corrected chi connectivity index (χ3v) is 4.12. The lowest BCUT2D eigenvalue weighted by Crippen LogP contribution is -2.19. The van der Waals surface area contributed by atoms with E-state index in [1.807, 2.05) is 31.5 Å². The molecule has 0 aliphatic heterocycles. The Morgan fingerprint density at radius 1 is 1.29 bits per heavy atom. The molecule has 0 aliphatic rings. The second kappa shape index (κ2) is 7.43. The molecule has 5 heteroatoms. The van der Waals surface area contributed by atoms with Gasteiger partial charge in [-0.2, -0.15) is 0 Å². The summed E-state index contributed by atoms with van der Waals surface area (Å²) in [5, 5.41) is 4.19. The Hall–Kier alpha value is -1.59. The van der Waals surface area contributed by atoms with Gasteiger partial charge in [0.1, 0.15) is 5.75 Å². The minimum absolute atomic E-state index is 0.207. The lowest BCUT2D eigenvalue weighted by atomic mass is 10.1. The van der Waals surface area contributed by atoms with Gasteiger partial charge in [-0.3, -0.25) is 0 Å². The Bertz CT molecular complexity index is 587. The van der Waals surface area contributed by atoms with E-state index in [4.69, 9.17) is 4.74 Å². The number of aryl methyl sites for hydroxylation is 1. The minimum atomic E-state index is 0.207. The van der Waals surface area contributed by atoms with Gasteiger partial charge in [-0.1, -0.05) is 13.0 Å². The van der Waals surface area contributed by atoms with Gasteiger partial charge in [-0.15, -0.1) is 0 Å². The van der Waals surface area contributed by atoms with Crippen molar-refractivity contribution in [1.82, 2.24) is 15.3 Å². The summed E-state index contributed by atoms with van der Waals surface area (Å²) in [5.41, 5.74) is 2.21. The Morgan fingerprint density at radius 3 is 2.62 bits per heavy atom. The zero-order chi connectivity index (χ0) is 15.2. The van der Waals surface area contributed by atoms with E-state index in [9.17, 15) is 0 Å². The number of methoxy groups -OCH3 is 1. The molecule has 0 saturated heterocycles. The van der Waals surface area contributed by atoms with Crippen LogP contribution in [0, 0.1) is 6.92 Å². The molecule has 1 heterocycles. The third kappa shape index (κ3) is 3.95. The predicted octanol–water partition coefficient (Wildman–Crippen LogP) is 3.62. The van der Waals surface area contributed by atoms with Crippen LogP contribution in [0.15, 0.2) is 40.6 Å². The maximum Gasteiger partial charge on any atom is 0.192 e. The summed E-state index contributed by atoms with van der Waals surface area (Å²) in [6.45, 7) is 7.13. The molecule has 0 fully saturated rings. The molecule has 0 spiro atoms. The Labute approximate surface area is 130 Å². The van der Waals surface area contributed by atoms with Crippen LogP contribution < -0.4 is 10.1 Å². The lowest BCUT2D eigenvalue weighted by molar-refractivity contribution is 0.400. The van der Waals surface area contributed by atoms with Crippen LogP contribution in [-0.2, 0) is 0 Å². The quantitative estimate of drug-likeness (QED) is 0.826. The Morgan fingerprint density at radius 2 is 2.00 bits per heavy atom. The highest BCUT2D eigenvalue weighted by Crippen LogP contribution is 2.37. The van der Waals surface area contributed by atoms with Crippen LogP contribution in [0.1, 0.15) is 31.0 Å². The minimum Gasteiger partial charge on any atom is -0.496 e. The lowest BCUT2D eigenvalue weighted by Gasteiger charge is -2.19. The fourth-order valence-corrected chi connectivity index (χ4v) is 3.10. The molecule has 1 N–H and O–H groups in total. The van der Waals surface area contributed by atoms with Crippen molar-refractivity contribution in [2.75, 3.05) is 13.7 Å². The van der Waals surface area contributed by atoms with E-state index in [0.717, 1.165) is 33.5 Å². The molecular weight excluding hydrogens is 282 g/mol. The summed E-state index contributed by atoms with van der Waals surface area (Å²) in [6.07, 6.45) is 3.67. The molecular formula is C16H21N3OS. The molecule has 0 aliphatic carbocycles. The van der Waals surface area contributed by atoms with E-state index in [2.05, 4.69) is 35.2 Å². The average Bonchev–Trinajstić information content (AvgIpc) is 2.49. The first-order chi connectivity index (χ1) is 10.2. The van der Waals surface area contributed by atoms with Gasteiger partial charge in [0.2, 0.25) is 0 Å². The predicted molar refractivity (Wildman–Crippen MR) is 86.0 cm³/mol. The van der Waals surface area contributed by atoms with Gasteiger partial charge in [0.25, 0.3) is 0 Å². The van der Waals surface area contributed by atoms with Gasteiger partial charge in [0, 0.05) is 28.9 Å². The summed E-state index contributed by atoms with van der Waals surface area (Å²) in [5.74, 6) is 0.889. The molecule has 4 nitrogen and oxygen atoms in total. The summed E-state index contributed by atoms with van der Waals surface area (Å²) >= 11 is 1.56. The summed E-state index contributed by atoms with van der Waals surface area (Å²) in [4.78, 5) is 9.85. The molecule has 2 rings (SSSR count). The third-order valence-electron chi connectivity index (χ3n) is 3.15. The number of hydrogen-bond donors (Lipinski definition) is 1. The second-order valence-electron chi connectivity index (χ2n) is 4.80. The highest BCUT2D eigenvalue weighted by Gasteiger charge is 2.17. The number of nitrogens with one attached hydrogen (secondary N) is 1. The molecule has 0 saturated carbocycles. The van der Waals surface area contributed by atoms with Crippen LogP contribution in [0.3, 0.4) is 0 Å². The molecule has 1 unspecified atom stereocenters. The zero-order valence-electron chi connectivity index (χ0n) is 12.9. The molecule has 1 atom stereocenters. The number of aromatic nitrogens is 2. The molecule has 0 radical (unpaired) electrons. The van der Waals surface area contributed by atoms with Crippen molar-refractivity contribution in [3.8, 4) is 5.75 Å².